The lowest BCUT2D eigenvalue weighted by Crippen LogP contribution is -2.45. The van der Waals surface area contributed by atoms with Crippen molar-refractivity contribution in [1.29, 1.82) is 0 Å². The van der Waals surface area contributed by atoms with Gasteiger partial charge in [0.2, 0.25) is 5.91 Å². The molecule has 0 fully saturated rings. The van der Waals surface area contributed by atoms with Gasteiger partial charge >= 0.3 is 0 Å². The SMILES string of the molecule is CC/C=C\C/C=C\C/C=C\C/C=C\CCCCCCCCCCCCCCCCCCCCC(=O)NC(COP(=O)([O-])OCC[N+](C)(C)C)C(O)/C=C/CC/C=C/CC/C=C/CCCCCCC. The van der Waals surface area contributed by atoms with Gasteiger partial charge < -0.3 is 28.8 Å². The maximum Gasteiger partial charge on any atom is 0.268 e. The van der Waals surface area contributed by atoms with E-state index in [-0.39, 0.29) is 12.5 Å². The molecule has 1 amide bonds. The average molecular weight is 971 g/mol. The van der Waals surface area contributed by atoms with Crippen LogP contribution in [0.3, 0.4) is 0 Å². The molecule has 0 bridgehead atoms. The first-order chi connectivity index (χ1) is 33.0. The summed E-state index contributed by atoms with van der Waals surface area (Å²) in [5.74, 6) is -0.213. The van der Waals surface area contributed by atoms with Gasteiger partial charge in [-0.15, -0.1) is 0 Å². The summed E-state index contributed by atoms with van der Waals surface area (Å²) in [5.41, 5.74) is 0. The van der Waals surface area contributed by atoms with E-state index in [1.807, 2.05) is 27.2 Å². The Morgan fingerprint density at radius 1 is 0.529 bits per heavy atom. The molecule has 3 atom stereocenters. The molecule has 0 saturated carbocycles. The van der Waals surface area contributed by atoms with Crippen molar-refractivity contribution in [3.05, 3.63) is 85.1 Å². The van der Waals surface area contributed by atoms with Crippen LogP contribution in [0.5, 0.6) is 0 Å². The number of likely N-dealkylation sites (N-methyl/N-ethyl adjacent to an activating group) is 1. The smallest absolute Gasteiger partial charge is 0.268 e. The molecule has 3 unspecified atom stereocenters. The fourth-order valence-electron chi connectivity index (χ4n) is 7.71. The predicted octanol–water partition coefficient (Wildman–Crippen LogP) is 16.2. The highest BCUT2D eigenvalue weighted by atomic mass is 31.2. The van der Waals surface area contributed by atoms with Gasteiger partial charge in [0.05, 0.1) is 39.9 Å². The van der Waals surface area contributed by atoms with Crippen LogP contribution < -0.4 is 10.2 Å². The molecule has 2 N–H and O–H groups in total. The second-order valence-electron chi connectivity index (χ2n) is 19.9. The standard InChI is InChI=1S/C59H107N2O6P/c1-6-8-10-12-14-16-18-20-22-23-24-25-26-27-28-29-30-31-32-33-34-35-36-37-39-41-43-45-47-49-51-53-59(63)60-57(56-67-68(64,65)66-55-54-61(3,4)5)58(62)52-50-48-46-44-42-40-38-21-19-17-15-13-11-9-7-2/h8,10,14,16,19-22,24-25,42,44,50,52,57-58,62H,6-7,9,11-13,15,17-18,23,26-41,43,45-49,51,53-56H2,1-5H3,(H-,60,63,64,65)/b10-8-,16-14-,21-19+,22-20-,25-24-,44-42+,52-50+. The summed E-state index contributed by atoms with van der Waals surface area (Å²) in [7, 11) is 1.23. The highest BCUT2D eigenvalue weighted by Crippen LogP contribution is 2.38. The molecule has 0 aromatic heterocycles. The summed E-state index contributed by atoms with van der Waals surface area (Å²) in [6, 6.07) is -0.912. The Hall–Kier alpha value is -2.32. The molecule has 0 spiro atoms. The van der Waals surface area contributed by atoms with Crippen LogP contribution >= 0.6 is 7.82 Å². The topological polar surface area (TPSA) is 108 Å². The van der Waals surface area contributed by atoms with Crippen molar-refractivity contribution in [3.63, 3.8) is 0 Å². The summed E-state index contributed by atoms with van der Waals surface area (Å²) in [5, 5.41) is 13.8. The maximum atomic E-state index is 12.9. The average Bonchev–Trinajstić information content (AvgIpc) is 3.30. The van der Waals surface area contributed by atoms with Gasteiger partial charge in [0.25, 0.3) is 7.82 Å². The molecular weight excluding hydrogens is 864 g/mol. The largest absolute Gasteiger partial charge is 0.756 e. The van der Waals surface area contributed by atoms with E-state index in [0.717, 1.165) is 70.6 Å². The van der Waals surface area contributed by atoms with Crippen molar-refractivity contribution in [3.8, 4) is 0 Å². The zero-order valence-electron chi connectivity index (χ0n) is 44.8. The number of hydrogen-bond donors (Lipinski definition) is 2. The first-order valence-electron chi connectivity index (χ1n) is 27.9. The van der Waals surface area contributed by atoms with E-state index in [1.165, 1.54) is 141 Å². The molecule has 9 heteroatoms. The quantitative estimate of drug-likeness (QED) is 0.0272. The van der Waals surface area contributed by atoms with Gasteiger partial charge in [-0.05, 0) is 83.5 Å². The molecule has 0 aliphatic heterocycles. The van der Waals surface area contributed by atoms with Crippen LogP contribution in [0, 0.1) is 0 Å². The first-order valence-corrected chi connectivity index (χ1v) is 29.4. The van der Waals surface area contributed by atoms with Gasteiger partial charge in [-0.25, -0.2) is 0 Å². The Bertz CT molecular complexity index is 1380. The summed E-state index contributed by atoms with van der Waals surface area (Å²) in [4.78, 5) is 25.4. The Morgan fingerprint density at radius 2 is 0.912 bits per heavy atom. The zero-order chi connectivity index (χ0) is 49.9. The Kier molecular flexibility index (Phi) is 48.0. The molecule has 0 saturated heterocycles. The number of phosphoric ester groups is 1. The Labute approximate surface area is 420 Å². The minimum absolute atomic E-state index is 0.0111. The molecular formula is C59H107N2O6P. The van der Waals surface area contributed by atoms with Gasteiger partial charge in [0, 0.05) is 6.42 Å². The second-order valence-corrected chi connectivity index (χ2v) is 21.3. The summed E-state index contributed by atoms with van der Waals surface area (Å²) >= 11 is 0. The van der Waals surface area contributed by atoms with Crippen molar-refractivity contribution < 1.29 is 32.9 Å². The zero-order valence-corrected chi connectivity index (χ0v) is 45.7. The first kappa shape index (κ1) is 65.7. The third-order valence-corrected chi connectivity index (χ3v) is 13.0. The number of nitrogens with zero attached hydrogens (tertiary/aromatic N) is 1. The molecule has 0 rings (SSSR count). The fraction of sp³-hybridized carbons (Fsp3) is 0.746. The monoisotopic (exact) mass is 971 g/mol. The number of nitrogens with one attached hydrogen (secondary N) is 1. The van der Waals surface area contributed by atoms with Crippen LogP contribution in [0.25, 0.3) is 0 Å². The lowest BCUT2D eigenvalue weighted by Gasteiger charge is -2.29. The summed E-state index contributed by atoms with van der Waals surface area (Å²) in [6.45, 7) is 4.49. The molecule has 0 aromatic rings. The molecule has 0 radical (unpaired) electrons. The van der Waals surface area contributed by atoms with Crippen LogP contribution in [0.4, 0.5) is 0 Å². The normalized spacial score (nSPS) is 14.6. The maximum absolute atomic E-state index is 12.9. The van der Waals surface area contributed by atoms with Crippen molar-refractivity contribution in [2.24, 2.45) is 0 Å². The van der Waals surface area contributed by atoms with Gasteiger partial charge in [0.15, 0.2) is 0 Å². The number of rotatable bonds is 50. The Morgan fingerprint density at radius 3 is 1.37 bits per heavy atom. The third kappa shape index (κ3) is 51.5. The lowest BCUT2D eigenvalue weighted by molar-refractivity contribution is -0.870. The van der Waals surface area contributed by atoms with E-state index >= 15 is 0 Å². The van der Waals surface area contributed by atoms with Gasteiger partial charge in [0.1, 0.15) is 13.2 Å². The van der Waals surface area contributed by atoms with Gasteiger partial charge in [-0.1, -0.05) is 227 Å². The second kappa shape index (κ2) is 49.7. The van der Waals surface area contributed by atoms with Crippen LogP contribution in [0.15, 0.2) is 85.1 Å². The van der Waals surface area contributed by atoms with E-state index in [0.29, 0.717) is 17.4 Å². The molecule has 0 aromatic carbocycles. The number of carbonyl (C=O) groups is 1. The molecule has 0 heterocycles. The highest BCUT2D eigenvalue weighted by Gasteiger charge is 2.23. The van der Waals surface area contributed by atoms with E-state index in [1.54, 1.807) is 6.08 Å². The van der Waals surface area contributed by atoms with Crippen LogP contribution in [-0.2, 0) is 18.4 Å². The van der Waals surface area contributed by atoms with E-state index in [4.69, 9.17) is 9.05 Å². The Balaban J connectivity index is 4.14. The molecule has 8 nitrogen and oxygen atoms in total. The van der Waals surface area contributed by atoms with E-state index in [2.05, 4.69) is 92.1 Å². The summed E-state index contributed by atoms with van der Waals surface area (Å²) in [6.07, 6.45) is 69.5. The third-order valence-electron chi connectivity index (χ3n) is 12.1. The molecule has 68 heavy (non-hydrogen) atoms. The van der Waals surface area contributed by atoms with E-state index in [9.17, 15) is 19.4 Å². The highest BCUT2D eigenvalue weighted by molar-refractivity contribution is 7.45. The number of carbonyl (C=O) groups excluding carboxylic acids is 1. The predicted molar refractivity (Wildman–Crippen MR) is 293 cm³/mol. The van der Waals surface area contributed by atoms with Crippen molar-refractivity contribution in [2.45, 2.75) is 244 Å². The number of hydrogen-bond acceptors (Lipinski definition) is 6. The number of quaternary nitrogens is 1. The minimum atomic E-state index is -4.61. The number of aliphatic hydroxyl groups is 1. The van der Waals surface area contributed by atoms with Gasteiger partial charge in [-0.3, -0.25) is 9.36 Å². The van der Waals surface area contributed by atoms with E-state index < -0.39 is 26.6 Å². The molecule has 0 aliphatic carbocycles. The number of phosphoric acid groups is 1. The van der Waals surface area contributed by atoms with Crippen LogP contribution in [-0.4, -0.2) is 68.5 Å². The van der Waals surface area contributed by atoms with Crippen LogP contribution in [0.2, 0.25) is 0 Å². The fourth-order valence-corrected chi connectivity index (χ4v) is 8.43. The number of amides is 1. The van der Waals surface area contributed by atoms with Crippen LogP contribution in [0.1, 0.15) is 232 Å². The minimum Gasteiger partial charge on any atom is -0.756 e. The number of unbranched alkanes of at least 4 members (excludes halogenated alkanes) is 25. The number of allylic oxidation sites excluding steroid dienone is 13. The van der Waals surface area contributed by atoms with Crippen molar-refractivity contribution in [2.75, 3.05) is 40.9 Å². The van der Waals surface area contributed by atoms with Gasteiger partial charge in [-0.2, -0.15) is 0 Å². The lowest BCUT2D eigenvalue weighted by atomic mass is 10.0. The molecule has 394 valence electrons. The summed E-state index contributed by atoms with van der Waals surface area (Å²) < 4.78 is 23.3. The number of aliphatic hydroxyl groups excluding tert-OH is 1. The molecule has 0 aliphatic rings. The van der Waals surface area contributed by atoms with Crippen molar-refractivity contribution >= 4 is 13.7 Å². The van der Waals surface area contributed by atoms with Crippen molar-refractivity contribution in [1.82, 2.24) is 5.32 Å².